The molecule has 0 aliphatic rings. The van der Waals surface area contributed by atoms with Gasteiger partial charge in [-0.25, -0.2) is 10.9 Å². The lowest BCUT2D eigenvalue weighted by Crippen LogP contribution is -2.25. The second kappa shape index (κ2) is 11.6. The first-order valence-electron chi connectivity index (χ1n) is 7.93. The maximum atomic E-state index is 11.6. The van der Waals surface area contributed by atoms with Crippen LogP contribution in [0.1, 0.15) is 0 Å². The lowest BCUT2D eigenvalue weighted by molar-refractivity contribution is -0.123. The van der Waals surface area contributed by atoms with Crippen molar-refractivity contribution < 1.29 is 19.1 Å². The number of nitrogens with one attached hydrogen (secondary N) is 2. The van der Waals surface area contributed by atoms with Crippen LogP contribution in [0.2, 0.25) is 10.0 Å². The first kappa shape index (κ1) is 21.2. The standard InChI is InChI=1S/C18H16Cl2N4O4/c19-13-5-1-3-7-15(13)27-11-17(25)23-21-9-10-22-24-18(26)12-28-16-8-4-2-6-14(16)20/h1-10H,11-12H2,(H,23,25)(H,24,26). The van der Waals surface area contributed by atoms with Crippen LogP contribution in [0.25, 0.3) is 0 Å². The van der Waals surface area contributed by atoms with Crippen molar-refractivity contribution in [2.24, 2.45) is 10.2 Å². The molecule has 10 heteroatoms. The molecule has 0 heterocycles. The highest BCUT2D eigenvalue weighted by Crippen LogP contribution is 2.23. The van der Waals surface area contributed by atoms with Crippen molar-refractivity contribution in [1.82, 2.24) is 10.9 Å². The minimum atomic E-state index is -0.484. The number of hydrazone groups is 2. The highest BCUT2D eigenvalue weighted by molar-refractivity contribution is 6.32. The molecule has 0 radical (unpaired) electrons. The van der Waals surface area contributed by atoms with Gasteiger partial charge >= 0.3 is 0 Å². The Balaban J connectivity index is 1.62. The van der Waals surface area contributed by atoms with Crippen LogP contribution in [-0.2, 0) is 9.59 Å². The molecular formula is C18H16Cl2N4O4. The predicted molar refractivity (Wildman–Crippen MR) is 107 cm³/mol. The van der Waals surface area contributed by atoms with Gasteiger partial charge in [0.15, 0.2) is 13.2 Å². The molecule has 0 saturated carbocycles. The Hall–Kier alpha value is -3.10. The molecule has 0 unspecified atom stereocenters. The normalized spacial score (nSPS) is 10.8. The van der Waals surface area contributed by atoms with E-state index in [-0.39, 0.29) is 13.2 Å². The molecule has 28 heavy (non-hydrogen) atoms. The van der Waals surface area contributed by atoms with Gasteiger partial charge in [0.05, 0.1) is 22.5 Å². The van der Waals surface area contributed by atoms with E-state index in [1.807, 2.05) is 0 Å². The molecule has 2 amide bonds. The summed E-state index contributed by atoms with van der Waals surface area (Å²) in [5, 5.41) is 8.05. The fourth-order valence-electron chi connectivity index (χ4n) is 1.76. The smallest absolute Gasteiger partial charge is 0.277 e. The Labute approximate surface area is 171 Å². The number of halogens is 2. The van der Waals surface area contributed by atoms with Gasteiger partial charge in [-0.05, 0) is 24.3 Å². The summed E-state index contributed by atoms with van der Waals surface area (Å²) >= 11 is 11.8. The lowest BCUT2D eigenvalue weighted by atomic mass is 10.3. The third-order valence-corrected chi connectivity index (χ3v) is 3.61. The van der Waals surface area contributed by atoms with E-state index in [1.54, 1.807) is 48.5 Å². The molecule has 0 saturated heterocycles. The van der Waals surface area contributed by atoms with E-state index >= 15 is 0 Å². The van der Waals surface area contributed by atoms with Gasteiger partial charge in [0.2, 0.25) is 0 Å². The van der Waals surface area contributed by atoms with Crippen molar-refractivity contribution >= 4 is 47.4 Å². The second-order valence-electron chi connectivity index (χ2n) is 5.06. The number of nitrogens with zero attached hydrogens (tertiary/aromatic N) is 2. The third-order valence-electron chi connectivity index (χ3n) is 2.99. The minimum Gasteiger partial charge on any atom is -0.482 e. The summed E-state index contributed by atoms with van der Waals surface area (Å²) in [5.41, 5.74) is 4.47. The fraction of sp³-hybridized carbons (Fsp3) is 0.111. The van der Waals surface area contributed by atoms with Crippen LogP contribution in [0.4, 0.5) is 0 Å². The Bertz CT molecular complexity index is 803. The van der Waals surface area contributed by atoms with Gasteiger partial charge in [-0.2, -0.15) is 10.2 Å². The van der Waals surface area contributed by atoms with E-state index in [1.165, 1.54) is 12.4 Å². The molecule has 0 aliphatic heterocycles. The van der Waals surface area contributed by atoms with Crippen molar-refractivity contribution in [2.75, 3.05) is 13.2 Å². The molecule has 0 bridgehead atoms. The largest absolute Gasteiger partial charge is 0.482 e. The van der Waals surface area contributed by atoms with Crippen molar-refractivity contribution in [2.45, 2.75) is 0 Å². The van der Waals surface area contributed by atoms with Gasteiger partial charge in [-0.3, -0.25) is 9.59 Å². The Morgan fingerprint density at radius 1 is 0.786 bits per heavy atom. The highest BCUT2D eigenvalue weighted by atomic mass is 35.5. The first-order chi connectivity index (χ1) is 13.6. The van der Waals surface area contributed by atoms with Gasteiger partial charge in [0, 0.05) is 0 Å². The van der Waals surface area contributed by atoms with Crippen molar-refractivity contribution in [3.63, 3.8) is 0 Å². The van der Waals surface area contributed by atoms with Gasteiger partial charge in [0.25, 0.3) is 11.8 Å². The second-order valence-corrected chi connectivity index (χ2v) is 5.88. The quantitative estimate of drug-likeness (QED) is 0.478. The molecular weight excluding hydrogens is 407 g/mol. The van der Waals surface area contributed by atoms with Crippen LogP contribution in [0.3, 0.4) is 0 Å². The van der Waals surface area contributed by atoms with Crippen LogP contribution < -0.4 is 20.3 Å². The molecule has 2 rings (SSSR count). The summed E-state index contributed by atoms with van der Waals surface area (Å²) in [6.07, 6.45) is 2.37. The molecule has 8 nitrogen and oxygen atoms in total. The zero-order valence-electron chi connectivity index (χ0n) is 14.5. The SMILES string of the molecule is O=C(COc1ccccc1Cl)NN=CC=NNC(=O)COc1ccccc1Cl. The molecule has 2 N–H and O–H groups in total. The van der Waals surface area contributed by atoms with Crippen molar-refractivity contribution in [3.8, 4) is 11.5 Å². The van der Waals surface area contributed by atoms with Crippen LogP contribution in [0, 0.1) is 0 Å². The highest BCUT2D eigenvalue weighted by Gasteiger charge is 2.05. The van der Waals surface area contributed by atoms with Gasteiger partial charge in [-0.15, -0.1) is 0 Å². The molecule has 0 atom stereocenters. The monoisotopic (exact) mass is 422 g/mol. The van der Waals surface area contributed by atoms with E-state index in [4.69, 9.17) is 32.7 Å². The number of benzene rings is 2. The zero-order valence-corrected chi connectivity index (χ0v) is 16.0. The van der Waals surface area contributed by atoms with Crippen LogP contribution in [-0.4, -0.2) is 37.5 Å². The number of hydrogen-bond donors (Lipinski definition) is 2. The molecule has 0 aromatic heterocycles. The summed E-state index contributed by atoms with van der Waals surface area (Å²) in [6, 6.07) is 13.6. The number of hydrogen-bond acceptors (Lipinski definition) is 6. The number of rotatable bonds is 9. The number of carbonyl (C=O) groups excluding carboxylic acids is 2. The molecule has 0 fully saturated rings. The van der Waals surface area contributed by atoms with E-state index in [0.717, 1.165) is 0 Å². The van der Waals surface area contributed by atoms with Crippen LogP contribution in [0.5, 0.6) is 11.5 Å². The fourth-order valence-corrected chi connectivity index (χ4v) is 2.14. The number of para-hydroxylation sites is 2. The van der Waals surface area contributed by atoms with Gasteiger partial charge in [0.1, 0.15) is 11.5 Å². The number of amides is 2. The summed E-state index contributed by atoms with van der Waals surface area (Å²) < 4.78 is 10.5. The molecule has 0 spiro atoms. The average Bonchev–Trinajstić information content (AvgIpc) is 2.69. The lowest BCUT2D eigenvalue weighted by Gasteiger charge is -2.06. The zero-order chi connectivity index (χ0) is 20.2. The summed E-state index contributed by atoms with van der Waals surface area (Å²) in [5.74, 6) is -0.179. The maximum absolute atomic E-state index is 11.6. The van der Waals surface area contributed by atoms with E-state index in [0.29, 0.717) is 21.5 Å². The summed E-state index contributed by atoms with van der Waals surface area (Å²) in [4.78, 5) is 23.2. The maximum Gasteiger partial charge on any atom is 0.277 e. The first-order valence-corrected chi connectivity index (χ1v) is 8.69. The number of carbonyl (C=O) groups is 2. The van der Waals surface area contributed by atoms with Crippen LogP contribution >= 0.6 is 23.2 Å². The molecule has 2 aromatic carbocycles. The van der Waals surface area contributed by atoms with Crippen molar-refractivity contribution in [1.29, 1.82) is 0 Å². The minimum absolute atomic E-state index is 0.256. The average molecular weight is 423 g/mol. The Morgan fingerprint density at radius 2 is 1.18 bits per heavy atom. The van der Waals surface area contributed by atoms with E-state index in [9.17, 15) is 9.59 Å². The predicted octanol–water partition coefficient (Wildman–Crippen LogP) is 2.66. The van der Waals surface area contributed by atoms with E-state index < -0.39 is 11.8 Å². The van der Waals surface area contributed by atoms with Crippen LogP contribution in [0.15, 0.2) is 58.7 Å². The summed E-state index contributed by atoms with van der Waals surface area (Å²) in [6.45, 7) is -0.511. The van der Waals surface area contributed by atoms with Gasteiger partial charge in [-0.1, -0.05) is 47.5 Å². The Morgan fingerprint density at radius 3 is 1.57 bits per heavy atom. The summed E-state index contributed by atoms with van der Waals surface area (Å²) in [7, 11) is 0. The van der Waals surface area contributed by atoms with Gasteiger partial charge < -0.3 is 9.47 Å². The van der Waals surface area contributed by atoms with E-state index in [2.05, 4.69) is 21.1 Å². The molecule has 2 aromatic rings. The topological polar surface area (TPSA) is 101 Å². The number of ether oxygens (including phenoxy) is 2. The molecule has 0 aliphatic carbocycles. The molecule has 146 valence electrons. The Kier molecular flexibility index (Phi) is 8.77. The third kappa shape index (κ3) is 7.65. The van der Waals surface area contributed by atoms with Crippen molar-refractivity contribution in [3.05, 3.63) is 58.6 Å².